The smallest absolute Gasteiger partial charge is 0.266 e. The summed E-state index contributed by atoms with van der Waals surface area (Å²) in [4.78, 5) is 14.4. The van der Waals surface area contributed by atoms with E-state index in [-0.39, 0.29) is 5.57 Å². The van der Waals surface area contributed by atoms with Gasteiger partial charge in [0.25, 0.3) is 5.91 Å². The van der Waals surface area contributed by atoms with Crippen LogP contribution in [0.15, 0.2) is 60.2 Å². The average molecular weight is 319 g/mol. The van der Waals surface area contributed by atoms with Gasteiger partial charge >= 0.3 is 0 Å². The Bertz CT molecular complexity index is 739. The third-order valence-corrected chi connectivity index (χ3v) is 3.73. The molecule has 1 N–H and O–H groups in total. The molecule has 2 aromatic carbocycles. The van der Waals surface area contributed by atoms with E-state index in [1.807, 2.05) is 48.5 Å². The van der Waals surface area contributed by atoms with E-state index < -0.39 is 5.91 Å². The highest BCUT2D eigenvalue weighted by molar-refractivity contribution is 6.09. The molecule has 0 fully saturated rings. The molecular weight excluding hydrogens is 298 g/mol. The molecule has 4 nitrogen and oxygen atoms in total. The van der Waals surface area contributed by atoms with Crippen LogP contribution in [0.4, 0.5) is 11.4 Å². The lowest BCUT2D eigenvalue weighted by atomic mass is 10.1. The highest BCUT2D eigenvalue weighted by atomic mass is 16.1. The van der Waals surface area contributed by atoms with Gasteiger partial charge in [0.15, 0.2) is 0 Å². The van der Waals surface area contributed by atoms with Crippen molar-refractivity contribution in [3.8, 4) is 6.07 Å². The fourth-order valence-electron chi connectivity index (χ4n) is 2.41. The third-order valence-electron chi connectivity index (χ3n) is 3.73. The second-order valence-electron chi connectivity index (χ2n) is 5.25. The summed E-state index contributed by atoms with van der Waals surface area (Å²) in [7, 11) is 0. The number of carbonyl (C=O) groups is 1. The molecule has 4 heteroatoms. The fourth-order valence-corrected chi connectivity index (χ4v) is 2.41. The molecule has 0 aromatic heterocycles. The van der Waals surface area contributed by atoms with Crippen LogP contribution in [-0.2, 0) is 4.79 Å². The van der Waals surface area contributed by atoms with Gasteiger partial charge in [-0.1, -0.05) is 30.3 Å². The van der Waals surface area contributed by atoms with Gasteiger partial charge in [0, 0.05) is 24.5 Å². The lowest BCUT2D eigenvalue weighted by Crippen LogP contribution is -2.21. The topological polar surface area (TPSA) is 56.1 Å². The number of amides is 1. The molecule has 122 valence electrons. The molecule has 2 rings (SSSR count). The number of nitrogens with zero attached hydrogens (tertiary/aromatic N) is 2. The quantitative estimate of drug-likeness (QED) is 0.645. The van der Waals surface area contributed by atoms with Crippen molar-refractivity contribution in [2.75, 3.05) is 23.3 Å². The van der Waals surface area contributed by atoms with Crippen LogP contribution in [0.3, 0.4) is 0 Å². The molecule has 0 bridgehead atoms. The van der Waals surface area contributed by atoms with Gasteiger partial charge in [0.2, 0.25) is 0 Å². The Balaban J connectivity index is 2.15. The van der Waals surface area contributed by atoms with Crippen LogP contribution in [0.1, 0.15) is 19.4 Å². The van der Waals surface area contributed by atoms with Crippen LogP contribution in [0.2, 0.25) is 0 Å². The average Bonchev–Trinajstić information content (AvgIpc) is 2.62. The second kappa shape index (κ2) is 8.54. The molecule has 2 aromatic rings. The predicted octanol–water partition coefficient (Wildman–Crippen LogP) is 4.08. The summed E-state index contributed by atoms with van der Waals surface area (Å²) in [6.45, 7) is 6.10. The number of nitriles is 1. The first-order valence-electron chi connectivity index (χ1n) is 8.01. The number of para-hydroxylation sites is 1. The van der Waals surface area contributed by atoms with Crippen molar-refractivity contribution in [3.63, 3.8) is 0 Å². The molecule has 0 saturated carbocycles. The zero-order valence-electron chi connectivity index (χ0n) is 14.0. The number of benzene rings is 2. The van der Waals surface area contributed by atoms with E-state index in [1.54, 1.807) is 18.2 Å². The number of nitrogens with one attached hydrogen (secondary N) is 1. The van der Waals surface area contributed by atoms with Crippen molar-refractivity contribution in [1.29, 1.82) is 5.26 Å². The molecule has 0 aliphatic carbocycles. The van der Waals surface area contributed by atoms with E-state index >= 15 is 0 Å². The van der Waals surface area contributed by atoms with E-state index in [9.17, 15) is 10.1 Å². The number of hydrogen-bond donors (Lipinski definition) is 1. The lowest BCUT2D eigenvalue weighted by molar-refractivity contribution is -0.112. The zero-order chi connectivity index (χ0) is 17.4. The summed E-state index contributed by atoms with van der Waals surface area (Å²) in [6, 6.07) is 18.9. The zero-order valence-corrected chi connectivity index (χ0v) is 14.0. The highest BCUT2D eigenvalue weighted by Gasteiger charge is 2.09. The molecule has 0 saturated heterocycles. The maximum absolute atomic E-state index is 12.2. The largest absolute Gasteiger partial charge is 0.372 e. The summed E-state index contributed by atoms with van der Waals surface area (Å²) < 4.78 is 0. The molecular formula is C20H21N3O. The van der Waals surface area contributed by atoms with Gasteiger partial charge in [-0.2, -0.15) is 5.26 Å². The van der Waals surface area contributed by atoms with Crippen LogP contribution in [0.25, 0.3) is 6.08 Å². The Morgan fingerprint density at radius 1 is 1.08 bits per heavy atom. The Kier molecular flexibility index (Phi) is 6.16. The monoisotopic (exact) mass is 319 g/mol. The molecule has 0 heterocycles. The molecule has 0 radical (unpaired) electrons. The second-order valence-corrected chi connectivity index (χ2v) is 5.25. The van der Waals surface area contributed by atoms with Crippen LogP contribution in [0.5, 0.6) is 0 Å². The van der Waals surface area contributed by atoms with Gasteiger partial charge in [0.1, 0.15) is 11.6 Å². The van der Waals surface area contributed by atoms with Crippen molar-refractivity contribution in [3.05, 3.63) is 65.7 Å². The SMILES string of the molecule is CCN(CC)c1ccc(C=C(C#N)C(=O)Nc2ccccc2)cc1. The Morgan fingerprint density at radius 3 is 2.25 bits per heavy atom. The van der Waals surface area contributed by atoms with Gasteiger partial charge < -0.3 is 10.2 Å². The van der Waals surface area contributed by atoms with Crippen LogP contribution >= 0.6 is 0 Å². The fraction of sp³-hybridized carbons (Fsp3) is 0.200. The van der Waals surface area contributed by atoms with Crippen molar-refractivity contribution in [1.82, 2.24) is 0 Å². The van der Waals surface area contributed by atoms with Crippen molar-refractivity contribution < 1.29 is 4.79 Å². The minimum absolute atomic E-state index is 0.0782. The number of hydrogen-bond acceptors (Lipinski definition) is 3. The number of rotatable bonds is 6. The van der Waals surface area contributed by atoms with E-state index in [0.717, 1.165) is 24.3 Å². The van der Waals surface area contributed by atoms with Gasteiger partial charge in [-0.25, -0.2) is 0 Å². The van der Waals surface area contributed by atoms with Crippen LogP contribution < -0.4 is 10.2 Å². The summed E-state index contributed by atoms with van der Waals surface area (Å²) in [6.07, 6.45) is 1.60. The minimum Gasteiger partial charge on any atom is -0.372 e. The first-order valence-corrected chi connectivity index (χ1v) is 8.01. The van der Waals surface area contributed by atoms with Crippen molar-refractivity contribution >= 4 is 23.4 Å². The third kappa shape index (κ3) is 4.47. The van der Waals surface area contributed by atoms with E-state index in [1.165, 1.54) is 0 Å². The van der Waals surface area contributed by atoms with E-state index in [4.69, 9.17) is 0 Å². The van der Waals surface area contributed by atoms with E-state index in [0.29, 0.717) is 5.69 Å². The molecule has 0 aliphatic rings. The Labute approximate surface area is 143 Å². The van der Waals surface area contributed by atoms with Gasteiger partial charge in [-0.3, -0.25) is 4.79 Å². The maximum Gasteiger partial charge on any atom is 0.266 e. The van der Waals surface area contributed by atoms with Gasteiger partial charge in [0.05, 0.1) is 0 Å². The van der Waals surface area contributed by atoms with Crippen LogP contribution in [0, 0.1) is 11.3 Å². The first-order chi connectivity index (χ1) is 11.7. The molecule has 0 aliphatic heterocycles. The first kappa shape index (κ1) is 17.3. The number of carbonyl (C=O) groups excluding carboxylic acids is 1. The molecule has 0 atom stereocenters. The molecule has 24 heavy (non-hydrogen) atoms. The molecule has 0 unspecified atom stereocenters. The summed E-state index contributed by atoms with van der Waals surface area (Å²) >= 11 is 0. The van der Waals surface area contributed by atoms with Gasteiger partial charge in [-0.05, 0) is 49.8 Å². The highest BCUT2D eigenvalue weighted by Crippen LogP contribution is 2.17. The summed E-state index contributed by atoms with van der Waals surface area (Å²) in [5, 5.41) is 12.0. The minimum atomic E-state index is -0.406. The normalized spacial score (nSPS) is 10.8. The van der Waals surface area contributed by atoms with Crippen molar-refractivity contribution in [2.45, 2.75) is 13.8 Å². The Hall–Kier alpha value is -3.06. The Morgan fingerprint density at radius 2 is 1.71 bits per heavy atom. The van der Waals surface area contributed by atoms with Crippen molar-refractivity contribution in [2.24, 2.45) is 0 Å². The summed E-state index contributed by atoms with van der Waals surface area (Å²) in [5.74, 6) is -0.406. The van der Waals surface area contributed by atoms with Crippen LogP contribution in [-0.4, -0.2) is 19.0 Å². The molecule has 0 spiro atoms. The predicted molar refractivity (Wildman–Crippen MR) is 98.7 cm³/mol. The molecule has 1 amide bonds. The maximum atomic E-state index is 12.2. The van der Waals surface area contributed by atoms with E-state index in [2.05, 4.69) is 24.1 Å². The summed E-state index contributed by atoms with van der Waals surface area (Å²) in [5.41, 5.74) is 2.70. The lowest BCUT2D eigenvalue weighted by Gasteiger charge is -2.20. The standard InChI is InChI=1S/C20H21N3O/c1-3-23(4-2)19-12-10-16(11-13-19)14-17(15-21)20(24)22-18-8-6-5-7-9-18/h5-14H,3-4H2,1-2H3,(H,22,24). The number of anilines is 2. The van der Waals surface area contributed by atoms with Gasteiger partial charge in [-0.15, -0.1) is 0 Å².